The molecule has 0 bridgehead atoms. The molecule has 2 atom stereocenters. The van der Waals surface area contributed by atoms with Crippen molar-refractivity contribution >= 4 is 23.7 Å². The van der Waals surface area contributed by atoms with Crippen LogP contribution in [-0.4, -0.2) is 5.78 Å². The van der Waals surface area contributed by atoms with E-state index in [-0.39, 0.29) is 35.0 Å². The van der Waals surface area contributed by atoms with Gasteiger partial charge in [-0.2, -0.15) is 0 Å². The van der Waals surface area contributed by atoms with Crippen LogP contribution in [0.2, 0.25) is 0 Å². The molecule has 1 unspecified atom stereocenters. The van der Waals surface area contributed by atoms with Crippen LogP contribution in [0.3, 0.4) is 0 Å². The summed E-state index contributed by atoms with van der Waals surface area (Å²) in [5.41, 5.74) is 5.35. The van der Waals surface area contributed by atoms with Gasteiger partial charge in [-0.25, -0.2) is 0 Å². The molecular weight excluding hydrogens is 351 g/mol. The van der Waals surface area contributed by atoms with E-state index in [1.807, 2.05) is 12.1 Å². The first-order chi connectivity index (χ1) is 11.6. The number of hydrogen-bond acceptors (Lipinski definition) is 6. The summed E-state index contributed by atoms with van der Waals surface area (Å²) in [6, 6.07) is 5.95. The van der Waals surface area contributed by atoms with Gasteiger partial charge >= 0.3 is 29.6 Å². The summed E-state index contributed by atoms with van der Waals surface area (Å²) in [5, 5.41) is 13.1. The number of benzene rings is 1. The Labute approximate surface area is 173 Å². The van der Waals surface area contributed by atoms with Gasteiger partial charge in [-0.1, -0.05) is 18.6 Å². The summed E-state index contributed by atoms with van der Waals surface area (Å²) in [6.07, 6.45) is 5.65. The summed E-state index contributed by atoms with van der Waals surface area (Å²) in [6.45, 7) is 2.17. The van der Waals surface area contributed by atoms with Gasteiger partial charge in [-0.15, -0.1) is 4.33 Å². The van der Waals surface area contributed by atoms with E-state index in [4.69, 9.17) is 4.18 Å². The fourth-order valence-electron chi connectivity index (χ4n) is 4.79. The quantitative estimate of drug-likeness (QED) is 0.250. The van der Waals surface area contributed by atoms with Crippen LogP contribution in [-0.2, 0) is 20.6 Å². The molecule has 0 radical (unpaired) electrons. The number of ketones is 1. The molecule has 3 aliphatic rings. The van der Waals surface area contributed by atoms with Crippen molar-refractivity contribution in [2.45, 2.75) is 45.4 Å². The van der Waals surface area contributed by atoms with Crippen molar-refractivity contribution in [2.75, 3.05) is 0 Å². The van der Waals surface area contributed by atoms with E-state index in [0.717, 1.165) is 38.5 Å². The molecule has 4 rings (SSSR count). The summed E-state index contributed by atoms with van der Waals surface area (Å²) >= 11 is 0.508. The first-order valence-electron chi connectivity index (χ1n) is 8.32. The zero-order chi connectivity index (χ0) is 16.7. The van der Waals surface area contributed by atoms with Crippen molar-refractivity contribution in [1.82, 2.24) is 0 Å². The Kier molecular flexibility index (Phi) is 6.00. The minimum Gasteiger partial charge on any atom is -0.691 e. The van der Waals surface area contributed by atoms with Gasteiger partial charge in [0.25, 0.3) is 12.3 Å². The second-order valence-electron chi connectivity index (χ2n) is 7.04. The molecule has 0 aromatic heterocycles. The van der Waals surface area contributed by atoms with Gasteiger partial charge in [0.05, 0.1) is 0 Å². The van der Waals surface area contributed by atoms with Gasteiger partial charge in [0, 0.05) is 11.8 Å². The topological polar surface area (TPSA) is 67.8 Å². The number of fused-ring (bicyclic) bond motifs is 4. The van der Waals surface area contributed by atoms with E-state index in [1.165, 1.54) is 22.3 Å². The molecule has 1 aromatic carbocycles. The molecule has 1 saturated carbocycles. The molecule has 1 fully saturated rings. The van der Waals surface area contributed by atoms with E-state index < -0.39 is 0 Å². The minimum atomic E-state index is -0.133. The third-order valence-corrected chi connectivity index (χ3v) is 6.39. The van der Waals surface area contributed by atoms with Crippen molar-refractivity contribution in [3.8, 4) is 5.75 Å². The molecule has 1 aromatic rings. The Balaban J connectivity index is 0.00000182. The van der Waals surface area contributed by atoms with Gasteiger partial charge in [0.2, 0.25) is 0 Å². The van der Waals surface area contributed by atoms with Crippen LogP contribution in [0.15, 0.2) is 23.8 Å². The maximum atomic E-state index is 12.3. The van der Waals surface area contributed by atoms with E-state index in [1.54, 1.807) is 0 Å². The summed E-state index contributed by atoms with van der Waals surface area (Å²) < 4.78 is 9.39. The van der Waals surface area contributed by atoms with Gasteiger partial charge in [0.15, 0.2) is 0 Å². The van der Waals surface area contributed by atoms with E-state index in [0.29, 0.717) is 29.8 Å². The number of carbonyl (C=O) groups is 1. The molecule has 0 heterocycles. The van der Waals surface area contributed by atoms with Crippen LogP contribution in [0.1, 0.15) is 50.2 Å². The molecule has 7 heteroatoms. The number of hydrogen-bond donors (Lipinski definition) is 0. The van der Waals surface area contributed by atoms with Gasteiger partial charge in [0.1, 0.15) is 11.5 Å². The molecule has 0 saturated heterocycles. The monoisotopic (exact) mass is 370 g/mol. The summed E-state index contributed by atoms with van der Waals surface area (Å²) in [7, 11) is 0. The fraction of sp³-hybridized carbons (Fsp3) is 0.500. The van der Waals surface area contributed by atoms with Crippen LogP contribution < -0.4 is 39.0 Å². The zero-order valence-electron chi connectivity index (χ0n) is 14.5. The first kappa shape index (κ1) is 19.4. The van der Waals surface area contributed by atoms with Gasteiger partial charge in [-0.05, 0) is 66.9 Å². The maximum absolute atomic E-state index is 12.3. The van der Waals surface area contributed by atoms with Crippen LogP contribution in [0.25, 0.3) is 5.57 Å². The Bertz CT molecular complexity index is 719. The molecule has 25 heavy (non-hydrogen) atoms. The predicted molar refractivity (Wildman–Crippen MR) is 87.1 cm³/mol. The standard InChI is InChI=1S/C18H20O5S.Na/c1-18-9-8-14-13-5-3-12(21-24-23-22-20)10-11(13)2-4-15(14)16(18)6-7-17(18)19;/h3,5,10,16,20H,2,4,6-9H2,1H3;/q;+1/p-1/t16?,18-;/m0./s1. The summed E-state index contributed by atoms with van der Waals surface area (Å²) in [5.74, 6) is 1.51. The molecule has 128 valence electrons. The average molecular weight is 370 g/mol. The predicted octanol–water partition coefficient (Wildman–Crippen LogP) is 0.335. The maximum Gasteiger partial charge on any atom is 1.00 e. The SMILES string of the molecule is C[C@]12CCC3=C(CCc4cc(OSOO[O-])ccc43)C1CCC2=O.[Na+]. The molecule has 0 N–H and O–H groups in total. The first-order valence-corrected chi connectivity index (χ1v) is 8.98. The number of allylic oxidation sites excluding steroid dienone is 2. The average Bonchev–Trinajstić information content (AvgIpc) is 2.90. The third kappa shape index (κ3) is 3.34. The Morgan fingerprint density at radius 3 is 2.88 bits per heavy atom. The van der Waals surface area contributed by atoms with E-state index in [9.17, 15) is 10.1 Å². The van der Waals surface area contributed by atoms with Crippen molar-refractivity contribution in [3.63, 3.8) is 0 Å². The molecule has 3 aliphatic carbocycles. The third-order valence-electron chi connectivity index (χ3n) is 6.02. The van der Waals surface area contributed by atoms with Gasteiger partial charge in [-0.3, -0.25) is 9.83 Å². The van der Waals surface area contributed by atoms with Crippen molar-refractivity contribution in [1.29, 1.82) is 0 Å². The van der Waals surface area contributed by atoms with Crippen molar-refractivity contribution < 1.29 is 53.2 Å². The second-order valence-corrected chi connectivity index (χ2v) is 7.48. The Morgan fingerprint density at radius 2 is 2.08 bits per heavy atom. The van der Waals surface area contributed by atoms with Crippen LogP contribution in [0.5, 0.6) is 5.75 Å². The second kappa shape index (κ2) is 7.72. The number of carbonyl (C=O) groups excluding carboxylic acids is 1. The fourth-order valence-corrected chi connectivity index (χ4v) is 5.02. The number of Topliss-reactive ketones (excluding diaryl/α,β-unsaturated/α-hetero) is 1. The molecule has 0 aliphatic heterocycles. The number of rotatable bonds is 4. The smallest absolute Gasteiger partial charge is 0.691 e. The Morgan fingerprint density at radius 1 is 1.24 bits per heavy atom. The molecule has 0 amide bonds. The zero-order valence-corrected chi connectivity index (χ0v) is 17.3. The Hall–Kier alpha value is -0.340. The van der Waals surface area contributed by atoms with Crippen molar-refractivity contribution in [3.05, 3.63) is 34.9 Å². The largest absolute Gasteiger partial charge is 1.00 e. The molecule has 5 nitrogen and oxygen atoms in total. The van der Waals surface area contributed by atoms with Crippen LogP contribution >= 0.6 is 12.3 Å². The minimum absolute atomic E-state index is 0. The van der Waals surface area contributed by atoms with Crippen LogP contribution in [0.4, 0.5) is 0 Å². The normalized spacial score (nSPS) is 27.3. The van der Waals surface area contributed by atoms with Crippen molar-refractivity contribution in [2.24, 2.45) is 11.3 Å². The van der Waals surface area contributed by atoms with E-state index >= 15 is 0 Å². The number of aryl methyl sites for hydroxylation is 1. The summed E-state index contributed by atoms with van der Waals surface area (Å²) in [4.78, 5) is 12.3. The molecule has 0 spiro atoms. The van der Waals surface area contributed by atoms with Gasteiger partial charge < -0.3 is 9.44 Å². The van der Waals surface area contributed by atoms with E-state index in [2.05, 4.69) is 22.4 Å². The van der Waals surface area contributed by atoms with Crippen LogP contribution in [0, 0.1) is 11.3 Å². The molecular formula is C18H19NaO5S.